The molecule has 1 heterocycles. The van der Waals surface area contributed by atoms with E-state index in [9.17, 15) is 19.7 Å². The van der Waals surface area contributed by atoms with Crippen molar-refractivity contribution in [3.63, 3.8) is 0 Å². The van der Waals surface area contributed by atoms with Gasteiger partial charge in [0.1, 0.15) is 5.82 Å². The number of amides is 1. The van der Waals surface area contributed by atoms with E-state index >= 15 is 0 Å². The lowest BCUT2D eigenvalue weighted by Crippen LogP contribution is -2.18. The number of rotatable bonds is 9. The Balaban J connectivity index is 1.64. The molecular formula is C22H23N5O4S. The van der Waals surface area contributed by atoms with Crippen LogP contribution in [0.15, 0.2) is 47.6 Å². The Labute approximate surface area is 189 Å². The summed E-state index contributed by atoms with van der Waals surface area (Å²) in [5, 5.41) is 22.5. The third kappa shape index (κ3) is 5.58. The summed E-state index contributed by atoms with van der Waals surface area (Å²) in [5.41, 5.74) is 3.09. The Morgan fingerprint density at radius 3 is 2.59 bits per heavy atom. The third-order valence-electron chi connectivity index (χ3n) is 4.93. The van der Waals surface area contributed by atoms with Crippen molar-refractivity contribution in [1.82, 2.24) is 14.8 Å². The number of nitro groups is 1. The number of hydrogen-bond donors (Lipinski definition) is 1. The maximum absolute atomic E-state index is 12.5. The van der Waals surface area contributed by atoms with Crippen LogP contribution in [0.25, 0.3) is 0 Å². The summed E-state index contributed by atoms with van der Waals surface area (Å²) in [6, 6.07) is 11.3. The first kappa shape index (κ1) is 23.1. The topological polar surface area (TPSA) is 120 Å². The number of nitrogens with zero attached hydrogens (tertiary/aromatic N) is 4. The molecule has 0 aliphatic carbocycles. The number of anilines is 1. The molecule has 0 saturated carbocycles. The molecule has 0 radical (unpaired) electrons. The molecule has 0 unspecified atom stereocenters. The van der Waals surface area contributed by atoms with Crippen LogP contribution in [0.3, 0.4) is 0 Å². The Morgan fingerprint density at radius 1 is 1.12 bits per heavy atom. The molecule has 166 valence electrons. The van der Waals surface area contributed by atoms with Crippen LogP contribution < -0.4 is 5.32 Å². The number of carbonyl (C=O) groups is 2. The molecule has 0 fully saturated rings. The van der Waals surface area contributed by atoms with Gasteiger partial charge in [0.25, 0.3) is 5.69 Å². The van der Waals surface area contributed by atoms with E-state index in [1.54, 1.807) is 10.6 Å². The van der Waals surface area contributed by atoms with Crippen molar-refractivity contribution < 1.29 is 14.5 Å². The van der Waals surface area contributed by atoms with Gasteiger partial charge in [0.15, 0.2) is 10.9 Å². The second-order valence-corrected chi connectivity index (χ2v) is 8.13. The SMILES string of the molecule is CCn1c(CC(=O)Nc2ccc(C)c(C)c2)nnc1SCC(=O)c1cccc([N+](=O)[O-])c1. The number of Topliss-reactive ketones (excluding diaryl/α,β-unsaturated/α-hetero) is 1. The highest BCUT2D eigenvalue weighted by molar-refractivity contribution is 7.99. The van der Waals surface area contributed by atoms with Crippen molar-refractivity contribution in [2.75, 3.05) is 11.1 Å². The first-order chi connectivity index (χ1) is 15.3. The number of carbonyl (C=O) groups excluding carboxylic acids is 2. The standard InChI is InChI=1S/C22H23N5O4S/c1-4-26-20(12-21(29)23-17-9-8-14(2)15(3)10-17)24-25-22(26)32-13-19(28)16-6-5-7-18(11-16)27(30)31/h5-11H,4,12-13H2,1-3H3,(H,23,29). The zero-order chi connectivity index (χ0) is 23.3. The number of aromatic nitrogens is 3. The zero-order valence-corrected chi connectivity index (χ0v) is 18.8. The summed E-state index contributed by atoms with van der Waals surface area (Å²) >= 11 is 1.18. The molecule has 0 saturated heterocycles. The van der Waals surface area contributed by atoms with Crippen molar-refractivity contribution in [1.29, 1.82) is 0 Å². The van der Waals surface area contributed by atoms with E-state index in [0.29, 0.717) is 17.5 Å². The highest BCUT2D eigenvalue weighted by atomic mass is 32.2. The monoisotopic (exact) mass is 453 g/mol. The largest absolute Gasteiger partial charge is 0.326 e. The van der Waals surface area contributed by atoms with Crippen molar-refractivity contribution >= 4 is 34.8 Å². The molecule has 0 atom stereocenters. The van der Waals surface area contributed by atoms with E-state index < -0.39 is 4.92 Å². The van der Waals surface area contributed by atoms with Gasteiger partial charge in [-0.25, -0.2) is 0 Å². The average Bonchev–Trinajstić information content (AvgIpc) is 3.15. The summed E-state index contributed by atoms with van der Waals surface area (Å²) in [6.45, 7) is 6.43. The highest BCUT2D eigenvalue weighted by Crippen LogP contribution is 2.21. The van der Waals surface area contributed by atoms with Gasteiger partial charge in [-0.2, -0.15) is 0 Å². The van der Waals surface area contributed by atoms with Crippen LogP contribution in [0, 0.1) is 24.0 Å². The van der Waals surface area contributed by atoms with E-state index in [-0.39, 0.29) is 35.1 Å². The highest BCUT2D eigenvalue weighted by Gasteiger charge is 2.17. The smallest absolute Gasteiger partial charge is 0.270 e. The lowest BCUT2D eigenvalue weighted by molar-refractivity contribution is -0.384. The van der Waals surface area contributed by atoms with Gasteiger partial charge in [-0.1, -0.05) is 30.0 Å². The number of thioether (sulfide) groups is 1. The van der Waals surface area contributed by atoms with Crippen LogP contribution in [-0.2, 0) is 17.8 Å². The molecule has 0 spiro atoms. The van der Waals surface area contributed by atoms with E-state index in [0.717, 1.165) is 16.8 Å². The summed E-state index contributed by atoms with van der Waals surface area (Å²) in [4.78, 5) is 35.3. The number of non-ortho nitro benzene ring substituents is 1. The van der Waals surface area contributed by atoms with Gasteiger partial charge in [0.2, 0.25) is 5.91 Å². The molecule has 9 nitrogen and oxygen atoms in total. The number of hydrogen-bond acceptors (Lipinski definition) is 7. The molecular weight excluding hydrogens is 430 g/mol. The number of aryl methyl sites for hydroxylation is 2. The van der Waals surface area contributed by atoms with E-state index in [2.05, 4.69) is 15.5 Å². The van der Waals surface area contributed by atoms with Gasteiger partial charge >= 0.3 is 0 Å². The van der Waals surface area contributed by atoms with Crippen molar-refractivity contribution in [3.8, 4) is 0 Å². The van der Waals surface area contributed by atoms with Gasteiger partial charge in [0, 0.05) is 29.9 Å². The Kier molecular flexibility index (Phi) is 7.37. The second kappa shape index (κ2) is 10.2. The van der Waals surface area contributed by atoms with E-state index in [1.165, 1.54) is 30.0 Å². The number of nitrogens with one attached hydrogen (secondary N) is 1. The van der Waals surface area contributed by atoms with E-state index in [1.807, 2.05) is 39.0 Å². The molecule has 3 rings (SSSR count). The summed E-state index contributed by atoms with van der Waals surface area (Å²) < 4.78 is 1.78. The van der Waals surface area contributed by atoms with Crippen molar-refractivity contribution in [2.45, 2.75) is 38.9 Å². The lowest BCUT2D eigenvalue weighted by Gasteiger charge is -2.09. The fourth-order valence-corrected chi connectivity index (χ4v) is 3.96. The molecule has 3 aromatic rings. The molecule has 0 aliphatic heterocycles. The predicted molar refractivity (Wildman–Crippen MR) is 122 cm³/mol. The quantitative estimate of drug-likeness (QED) is 0.225. The molecule has 1 amide bonds. The molecule has 2 aromatic carbocycles. The van der Waals surface area contributed by atoms with Crippen molar-refractivity contribution in [3.05, 3.63) is 75.1 Å². The first-order valence-electron chi connectivity index (χ1n) is 9.98. The van der Waals surface area contributed by atoms with Crippen LogP contribution in [0.2, 0.25) is 0 Å². The Morgan fingerprint density at radius 2 is 1.91 bits per heavy atom. The number of benzene rings is 2. The summed E-state index contributed by atoms with van der Waals surface area (Å²) in [5.74, 6) is 0.0887. The molecule has 0 aliphatic rings. The van der Waals surface area contributed by atoms with Gasteiger partial charge in [0.05, 0.1) is 17.1 Å². The lowest BCUT2D eigenvalue weighted by atomic mass is 10.1. The van der Waals surface area contributed by atoms with Gasteiger partial charge in [-0.3, -0.25) is 19.7 Å². The molecule has 10 heteroatoms. The van der Waals surface area contributed by atoms with E-state index in [4.69, 9.17) is 0 Å². The maximum atomic E-state index is 12.5. The Bertz CT molecular complexity index is 1170. The maximum Gasteiger partial charge on any atom is 0.270 e. The minimum atomic E-state index is -0.535. The fourth-order valence-electron chi connectivity index (χ4n) is 3.05. The normalized spacial score (nSPS) is 10.7. The molecule has 32 heavy (non-hydrogen) atoms. The summed E-state index contributed by atoms with van der Waals surface area (Å²) in [6.07, 6.45) is 0.0488. The van der Waals surface area contributed by atoms with Crippen LogP contribution >= 0.6 is 11.8 Å². The minimum absolute atomic E-state index is 0.0488. The number of nitro benzene ring substituents is 1. The van der Waals surface area contributed by atoms with Crippen LogP contribution in [-0.4, -0.2) is 37.1 Å². The molecule has 1 N–H and O–H groups in total. The molecule has 1 aromatic heterocycles. The second-order valence-electron chi connectivity index (χ2n) is 7.19. The van der Waals surface area contributed by atoms with Gasteiger partial charge in [-0.05, 0) is 44.0 Å². The minimum Gasteiger partial charge on any atom is -0.326 e. The summed E-state index contributed by atoms with van der Waals surface area (Å²) in [7, 11) is 0. The fraction of sp³-hybridized carbons (Fsp3) is 0.273. The zero-order valence-electron chi connectivity index (χ0n) is 18.0. The number of ketones is 1. The van der Waals surface area contributed by atoms with Crippen LogP contribution in [0.1, 0.15) is 34.2 Å². The van der Waals surface area contributed by atoms with Crippen LogP contribution in [0.5, 0.6) is 0 Å². The van der Waals surface area contributed by atoms with Gasteiger partial charge in [-0.15, -0.1) is 10.2 Å². The average molecular weight is 454 g/mol. The van der Waals surface area contributed by atoms with Crippen LogP contribution in [0.4, 0.5) is 11.4 Å². The van der Waals surface area contributed by atoms with Gasteiger partial charge < -0.3 is 9.88 Å². The molecule has 0 bridgehead atoms. The first-order valence-corrected chi connectivity index (χ1v) is 11.0. The Hall–Kier alpha value is -3.53. The predicted octanol–water partition coefficient (Wildman–Crippen LogP) is 3.98. The third-order valence-corrected chi connectivity index (χ3v) is 5.90. The van der Waals surface area contributed by atoms with Crippen molar-refractivity contribution in [2.24, 2.45) is 0 Å².